The zero-order valence-electron chi connectivity index (χ0n) is 21.9. The molecule has 3 aromatic carbocycles. The molecular formula is C29H42N2O4S. The standard InChI is InChI=1S/C19H34N.C10H9NO4S/c1-4-7-15-20(16-8-5-2,17-9-6-3)18-19-13-11-10-12-14-19;11-7-1-2-9-6(3-7)4-8(5-10(9)12)16(13,14)15/h10-14H,4-9,15-18H2,1-3H3;1-5,12H,11H2,(H,13,14,15)/q+1;/p-1. The number of nitrogens with two attached hydrogens (primary N) is 1. The van der Waals surface area contributed by atoms with E-state index in [0.717, 1.165) is 6.07 Å². The smallest absolute Gasteiger partial charge is 0.124 e. The highest BCUT2D eigenvalue weighted by atomic mass is 32.2. The Morgan fingerprint density at radius 2 is 1.39 bits per heavy atom. The number of hydrogen-bond donors (Lipinski definition) is 2. The molecule has 0 spiro atoms. The van der Waals surface area contributed by atoms with Gasteiger partial charge in [0.25, 0.3) is 0 Å². The van der Waals surface area contributed by atoms with E-state index in [1.807, 2.05) is 0 Å². The van der Waals surface area contributed by atoms with Crippen LogP contribution in [0.2, 0.25) is 0 Å². The summed E-state index contributed by atoms with van der Waals surface area (Å²) in [5.41, 5.74) is 7.46. The van der Waals surface area contributed by atoms with Crippen molar-refractivity contribution in [1.82, 2.24) is 0 Å². The van der Waals surface area contributed by atoms with Crippen molar-refractivity contribution in [2.45, 2.75) is 70.7 Å². The average Bonchev–Trinajstić information content (AvgIpc) is 2.85. The molecule has 0 saturated carbocycles. The first-order chi connectivity index (χ1) is 17.1. The maximum Gasteiger partial charge on any atom is 0.124 e. The number of benzene rings is 3. The van der Waals surface area contributed by atoms with Gasteiger partial charge in [0.2, 0.25) is 0 Å². The number of nitrogen functional groups attached to an aromatic ring is 1. The third kappa shape index (κ3) is 9.12. The summed E-state index contributed by atoms with van der Waals surface area (Å²) < 4.78 is 33.8. The van der Waals surface area contributed by atoms with Gasteiger partial charge in [-0.15, -0.1) is 0 Å². The van der Waals surface area contributed by atoms with Gasteiger partial charge in [0.1, 0.15) is 22.4 Å². The molecule has 0 fully saturated rings. The highest BCUT2D eigenvalue weighted by Gasteiger charge is 2.26. The number of unbranched alkanes of at least 4 members (excludes halogenated alkanes) is 3. The van der Waals surface area contributed by atoms with E-state index in [4.69, 9.17) is 5.73 Å². The van der Waals surface area contributed by atoms with Gasteiger partial charge in [0, 0.05) is 16.6 Å². The second-order valence-corrected chi connectivity index (χ2v) is 11.0. The van der Waals surface area contributed by atoms with Crippen LogP contribution in [0, 0.1) is 0 Å². The Morgan fingerprint density at radius 3 is 1.89 bits per heavy atom. The summed E-state index contributed by atoms with van der Waals surface area (Å²) in [6.07, 6.45) is 8.02. The number of aromatic hydroxyl groups is 1. The van der Waals surface area contributed by atoms with Crippen LogP contribution in [0.15, 0.2) is 65.6 Å². The van der Waals surface area contributed by atoms with Crippen LogP contribution in [0.1, 0.15) is 64.9 Å². The van der Waals surface area contributed by atoms with Gasteiger partial charge < -0.3 is 19.9 Å². The Morgan fingerprint density at radius 1 is 0.833 bits per heavy atom. The molecule has 0 aliphatic carbocycles. The number of quaternary nitrogens is 1. The lowest BCUT2D eigenvalue weighted by Crippen LogP contribution is -2.49. The van der Waals surface area contributed by atoms with Crippen molar-refractivity contribution < 1.29 is 22.6 Å². The second-order valence-electron chi connectivity index (χ2n) is 9.59. The maximum atomic E-state index is 10.8. The fraction of sp³-hybridized carbons (Fsp3) is 0.448. The summed E-state index contributed by atoms with van der Waals surface area (Å²) in [7, 11) is -4.58. The van der Waals surface area contributed by atoms with Gasteiger partial charge >= 0.3 is 0 Å². The fourth-order valence-electron chi connectivity index (χ4n) is 4.51. The number of nitrogens with zero attached hydrogens (tertiary/aromatic N) is 1. The Bertz CT molecular complexity index is 1160. The van der Waals surface area contributed by atoms with Gasteiger partial charge in [-0.05, 0) is 55.0 Å². The Balaban J connectivity index is 0.000000259. The number of fused-ring (bicyclic) bond motifs is 1. The number of rotatable bonds is 12. The number of hydrogen-bond acceptors (Lipinski definition) is 5. The molecule has 198 valence electrons. The van der Waals surface area contributed by atoms with Crippen LogP contribution in [-0.4, -0.2) is 42.2 Å². The lowest BCUT2D eigenvalue weighted by Gasteiger charge is -2.39. The molecule has 0 unspecified atom stereocenters. The predicted octanol–water partition coefficient (Wildman–Crippen LogP) is 6.44. The molecule has 3 N–H and O–H groups in total. The first-order valence-corrected chi connectivity index (χ1v) is 14.4. The van der Waals surface area contributed by atoms with E-state index in [-0.39, 0.29) is 5.75 Å². The summed E-state index contributed by atoms with van der Waals surface area (Å²) in [5, 5.41) is 10.4. The van der Waals surface area contributed by atoms with Crippen molar-refractivity contribution in [3.63, 3.8) is 0 Å². The summed E-state index contributed by atoms with van der Waals surface area (Å²) >= 11 is 0. The summed E-state index contributed by atoms with van der Waals surface area (Å²) in [4.78, 5) is -0.469. The van der Waals surface area contributed by atoms with Crippen molar-refractivity contribution in [3.05, 3.63) is 66.2 Å². The van der Waals surface area contributed by atoms with E-state index in [1.54, 1.807) is 12.1 Å². The molecule has 3 rings (SSSR count). The van der Waals surface area contributed by atoms with E-state index in [1.165, 1.54) is 86.9 Å². The largest absolute Gasteiger partial charge is 0.744 e. The molecule has 6 nitrogen and oxygen atoms in total. The molecule has 0 atom stereocenters. The van der Waals surface area contributed by atoms with Gasteiger partial charge in [-0.3, -0.25) is 0 Å². The number of phenolic OH excluding ortho intramolecular Hbond substituents is 1. The van der Waals surface area contributed by atoms with E-state index >= 15 is 0 Å². The SMILES string of the molecule is CCCC[N+](CCCC)(CCCC)Cc1ccccc1.Nc1ccc2c(O)cc(S(=O)(=O)[O-])cc2c1. The van der Waals surface area contributed by atoms with E-state index < -0.39 is 15.0 Å². The zero-order chi connectivity index (χ0) is 26.6. The highest BCUT2D eigenvalue weighted by Crippen LogP contribution is 2.29. The van der Waals surface area contributed by atoms with Gasteiger partial charge in [-0.25, -0.2) is 8.42 Å². The summed E-state index contributed by atoms with van der Waals surface area (Å²) in [6, 6.07) is 17.8. The molecule has 0 aromatic heterocycles. The third-order valence-corrected chi connectivity index (χ3v) is 7.35. The van der Waals surface area contributed by atoms with E-state index in [0.29, 0.717) is 16.5 Å². The summed E-state index contributed by atoms with van der Waals surface area (Å²) in [5.74, 6) is -0.257. The number of anilines is 1. The molecular weight excluding hydrogens is 472 g/mol. The van der Waals surface area contributed by atoms with E-state index in [9.17, 15) is 18.1 Å². The van der Waals surface area contributed by atoms with Crippen LogP contribution >= 0.6 is 0 Å². The molecule has 0 amide bonds. The minimum absolute atomic E-state index is 0.257. The minimum atomic E-state index is -4.58. The number of phenols is 1. The molecule has 7 heteroatoms. The molecule has 0 radical (unpaired) electrons. The quantitative estimate of drug-likeness (QED) is 0.165. The molecule has 36 heavy (non-hydrogen) atoms. The van der Waals surface area contributed by atoms with Crippen LogP contribution in [-0.2, 0) is 16.7 Å². The van der Waals surface area contributed by atoms with Gasteiger partial charge in [-0.1, -0.05) is 70.4 Å². The molecule has 3 aromatic rings. The monoisotopic (exact) mass is 514 g/mol. The van der Waals surface area contributed by atoms with Crippen molar-refractivity contribution in [3.8, 4) is 5.75 Å². The molecule has 0 aliphatic rings. The normalized spacial score (nSPS) is 11.8. The third-order valence-electron chi connectivity index (χ3n) is 6.54. The predicted molar refractivity (Wildman–Crippen MR) is 148 cm³/mol. The fourth-order valence-corrected chi connectivity index (χ4v) is 5.04. The maximum absolute atomic E-state index is 10.8. The Labute approximate surface area is 217 Å². The van der Waals surface area contributed by atoms with Crippen molar-refractivity contribution in [2.24, 2.45) is 0 Å². The van der Waals surface area contributed by atoms with Gasteiger partial charge in [0.15, 0.2) is 0 Å². The summed E-state index contributed by atoms with van der Waals surface area (Å²) in [6.45, 7) is 12.2. The van der Waals surface area contributed by atoms with E-state index in [2.05, 4.69) is 51.1 Å². The first kappa shape index (κ1) is 29.6. The topological polar surface area (TPSA) is 103 Å². The van der Waals surface area contributed by atoms with Crippen LogP contribution in [0.25, 0.3) is 10.8 Å². The highest BCUT2D eigenvalue weighted by molar-refractivity contribution is 7.85. The van der Waals surface area contributed by atoms with Crippen LogP contribution in [0.5, 0.6) is 5.75 Å². The van der Waals surface area contributed by atoms with Crippen molar-refractivity contribution in [2.75, 3.05) is 25.4 Å². The Kier molecular flexibility index (Phi) is 11.7. The molecule has 0 heterocycles. The zero-order valence-corrected chi connectivity index (χ0v) is 22.8. The molecule has 0 saturated heterocycles. The Hall–Kier alpha value is -2.61. The van der Waals surface area contributed by atoms with Crippen molar-refractivity contribution in [1.29, 1.82) is 0 Å². The molecule has 0 bridgehead atoms. The van der Waals surface area contributed by atoms with Crippen molar-refractivity contribution >= 4 is 26.6 Å². The molecule has 0 aliphatic heterocycles. The van der Waals surface area contributed by atoms with Crippen LogP contribution in [0.3, 0.4) is 0 Å². The second kappa shape index (κ2) is 14.2. The lowest BCUT2D eigenvalue weighted by molar-refractivity contribution is -0.941. The van der Waals surface area contributed by atoms with Gasteiger partial charge in [-0.2, -0.15) is 0 Å². The minimum Gasteiger partial charge on any atom is -0.744 e. The average molecular weight is 515 g/mol. The first-order valence-electron chi connectivity index (χ1n) is 13.0. The lowest BCUT2D eigenvalue weighted by atomic mass is 10.1. The van der Waals surface area contributed by atoms with Crippen LogP contribution in [0.4, 0.5) is 5.69 Å². The van der Waals surface area contributed by atoms with Crippen LogP contribution < -0.4 is 5.73 Å². The van der Waals surface area contributed by atoms with Gasteiger partial charge in [0.05, 0.1) is 24.5 Å².